The Hall–Kier alpha value is -0.830. The van der Waals surface area contributed by atoms with Crippen molar-refractivity contribution in [3.05, 3.63) is 18.2 Å². The van der Waals surface area contributed by atoms with E-state index in [1.807, 2.05) is 12.4 Å². The van der Waals surface area contributed by atoms with Gasteiger partial charge in [-0.25, -0.2) is 4.98 Å². The molecule has 0 bridgehead atoms. The normalized spacial score (nSPS) is 25.6. The van der Waals surface area contributed by atoms with Crippen LogP contribution in [0.4, 0.5) is 0 Å². The van der Waals surface area contributed by atoms with Gasteiger partial charge in [0.1, 0.15) is 5.82 Å². The number of rotatable bonds is 3. The molecular formula is C15H25N3. The molecule has 18 heavy (non-hydrogen) atoms. The molecule has 0 aliphatic heterocycles. The second kappa shape index (κ2) is 5.04. The number of hydrogen-bond acceptors (Lipinski definition) is 2. The molecule has 2 fully saturated rings. The van der Waals surface area contributed by atoms with Crippen LogP contribution in [0.1, 0.15) is 70.2 Å². The van der Waals surface area contributed by atoms with E-state index in [4.69, 9.17) is 0 Å². The number of H-pyrrole nitrogens is 1. The third-order valence-corrected chi connectivity index (χ3v) is 5.13. The fraction of sp³-hybridized carbons (Fsp3) is 0.800. The quantitative estimate of drug-likeness (QED) is 0.857. The summed E-state index contributed by atoms with van der Waals surface area (Å²) in [5.41, 5.74) is 0.742. The van der Waals surface area contributed by atoms with Crippen LogP contribution < -0.4 is 5.32 Å². The van der Waals surface area contributed by atoms with Crippen LogP contribution in [0, 0.1) is 5.41 Å². The molecule has 0 radical (unpaired) electrons. The zero-order chi connectivity index (χ0) is 12.4. The molecule has 1 aromatic heterocycles. The van der Waals surface area contributed by atoms with E-state index in [-0.39, 0.29) is 0 Å². The highest BCUT2D eigenvalue weighted by Gasteiger charge is 2.37. The molecule has 3 heteroatoms. The largest absolute Gasteiger partial charge is 0.347 e. The van der Waals surface area contributed by atoms with Gasteiger partial charge in [-0.2, -0.15) is 0 Å². The SMILES string of the molecule is CC(NC1CCC2(CCCC2)CC1)c1ncc[nH]1. The fourth-order valence-corrected chi connectivity index (χ4v) is 3.97. The van der Waals surface area contributed by atoms with E-state index in [1.165, 1.54) is 51.4 Å². The van der Waals surface area contributed by atoms with Crippen LogP contribution in [-0.4, -0.2) is 16.0 Å². The topological polar surface area (TPSA) is 40.7 Å². The number of imidazole rings is 1. The summed E-state index contributed by atoms with van der Waals surface area (Å²) in [5, 5.41) is 3.73. The minimum atomic E-state index is 0.350. The van der Waals surface area contributed by atoms with Crippen molar-refractivity contribution in [2.45, 2.75) is 70.4 Å². The van der Waals surface area contributed by atoms with Crippen molar-refractivity contribution in [3.63, 3.8) is 0 Å². The second-order valence-electron chi connectivity index (χ2n) is 6.34. The number of aromatic nitrogens is 2. The van der Waals surface area contributed by atoms with E-state index in [0.29, 0.717) is 12.1 Å². The highest BCUT2D eigenvalue weighted by molar-refractivity contribution is 4.97. The fourth-order valence-electron chi connectivity index (χ4n) is 3.97. The van der Waals surface area contributed by atoms with E-state index in [0.717, 1.165) is 11.2 Å². The van der Waals surface area contributed by atoms with Gasteiger partial charge in [0.2, 0.25) is 0 Å². The van der Waals surface area contributed by atoms with Gasteiger partial charge >= 0.3 is 0 Å². The Kier molecular flexibility index (Phi) is 3.42. The van der Waals surface area contributed by atoms with Gasteiger partial charge in [-0.05, 0) is 50.9 Å². The Morgan fingerprint density at radius 1 is 1.28 bits per heavy atom. The van der Waals surface area contributed by atoms with E-state index in [2.05, 4.69) is 22.2 Å². The summed E-state index contributed by atoms with van der Waals surface area (Å²) in [6, 6.07) is 1.04. The summed E-state index contributed by atoms with van der Waals surface area (Å²) in [4.78, 5) is 7.54. The number of nitrogens with zero attached hydrogens (tertiary/aromatic N) is 1. The van der Waals surface area contributed by atoms with E-state index in [9.17, 15) is 0 Å². The highest BCUT2D eigenvalue weighted by atomic mass is 15.0. The Morgan fingerprint density at radius 3 is 2.61 bits per heavy atom. The maximum Gasteiger partial charge on any atom is 0.122 e. The van der Waals surface area contributed by atoms with Crippen LogP contribution in [0.15, 0.2) is 12.4 Å². The lowest BCUT2D eigenvalue weighted by Gasteiger charge is -2.38. The number of aromatic amines is 1. The van der Waals surface area contributed by atoms with Gasteiger partial charge in [-0.3, -0.25) is 0 Å². The molecule has 1 heterocycles. The summed E-state index contributed by atoms with van der Waals surface area (Å²) < 4.78 is 0. The van der Waals surface area contributed by atoms with Crippen molar-refractivity contribution in [3.8, 4) is 0 Å². The van der Waals surface area contributed by atoms with Crippen molar-refractivity contribution in [2.75, 3.05) is 0 Å². The van der Waals surface area contributed by atoms with Crippen molar-refractivity contribution >= 4 is 0 Å². The molecule has 3 rings (SSSR count). The van der Waals surface area contributed by atoms with Crippen LogP contribution in [-0.2, 0) is 0 Å². The lowest BCUT2D eigenvalue weighted by Crippen LogP contribution is -2.38. The molecule has 2 saturated carbocycles. The van der Waals surface area contributed by atoms with Crippen LogP contribution in [0.25, 0.3) is 0 Å². The minimum absolute atomic E-state index is 0.350. The molecule has 1 unspecified atom stereocenters. The summed E-state index contributed by atoms with van der Waals surface area (Å²) in [6.07, 6.45) is 15.3. The molecule has 2 aliphatic carbocycles. The molecule has 1 aromatic rings. The lowest BCUT2D eigenvalue weighted by atomic mass is 9.71. The van der Waals surface area contributed by atoms with Crippen LogP contribution in [0.2, 0.25) is 0 Å². The lowest BCUT2D eigenvalue weighted by molar-refractivity contribution is 0.163. The Labute approximate surface area is 110 Å². The van der Waals surface area contributed by atoms with Crippen molar-refractivity contribution in [2.24, 2.45) is 5.41 Å². The minimum Gasteiger partial charge on any atom is -0.347 e. The first-order valence-electron chi connectivity index (χ1n) is 7.53. The predicted octanol–water partition coefficient (Wildman–Crippen LogP) is 3.56. The molecule has 0 aromatic carbocycles. The van der Waals surface area contributed by atoms with Gasteiger partial charge in [-0.1, -0.05) is 12.8 Å². The summed E-state index contributed by atoms with van der Waals surface area (Å²) >= 11 is 0. The number of nitrogens with one attached hydrogen (secondary N) is 2. The first-order valence-corrected chi connectivity index (χ1v) is 7.53. The van der Waals surface area contributed by atoms with Gasteiger partial charge < -0.3 is 10.3 Å². The molecule has 0 amide bonds. The van der Waals surface area contributed by atoms with Crippen LogP contribution in [0.3, 0.4) is 0 Å². The summed E-state index contributed by atoms with van der Waals surface area (Å²) in [7, 11) is 0. The molecule has 100 valence electrons. The smallest absolute Gasteiger partial charge is 0.122 e. The van der Waals surface area contributed by atoms with Crippen molar-refractivity contribution in [1.29, 1.82) is 0 Å². The third-order valence-electron chi connectivity index (χ3n) is 5.13. The van der Waals surface area contributed by atoms with E-state index < -0.39 is 0 Å². The predicted molar refractivity (Wildman–Crippen MR) is 73.3 cm³/mol. The molecular weight excluding hydrogens is 222 g/mol. The summed E-state index contributed by atoms with van der Waals surface area (Å²) in [5.74, 6) is 1.07. The highest BCUT2D eigenvalue weighted by Crippen LogP contribution is 2.48. The number of hydrogen-bond donors (Lipinski definition) is 2. The maximum absolute atomic E-state index is 4.33. The first kappa shape index (κ1) is 12.2. The summed E-state index contributed by atoms with van der Waals surface area (Å²) in [6.45, 7) is 2.21. The average molecular weight is 247 g/mol. The van der Waals surface area contributed by atoms with Crippen LogP contribution in [0.5, 0.6) is 0 Å². The zero-order valence-corrected chi connectivity index (χ0v) is 11.4. The molecule has 2 aliphatic rings. The van der Waals surface area contributed by atoms with Crippen molar-refractivity contribution < 1.29 is 0 Å². The van der Waals surface area contributed by atoms with Gasteiger partial charge in [0.15, 0.2) is 0 Å². The maximum atomic E-state index is 4.33. The Balaban J connectivity index is 1.51. The molecule has 2 N–H and O–H groups in total. The van der Waals surface area contributed by atoms with Gasteiger partial charge in [0, 0.05) is 18.4 Å². The molecule has 0 saturated heterocycles. The van der Waals surface area contributed by atoms with Crippen LogP contribution >= 0.6 is 0 Å². The Morgan fingerprint density at radius 2 is 2.00 bits per heavy atom. The van der Waals surface area contributed by atoms with E-state index in [1.54, 1.807) is 0 Å². The molecule has 3 nitrogen and oxygen atoms in total. The first-order chi connectivity index (χ1) is 8.77. The standard InChI is InChI=1S/C15H25N3/c1-12(14-16-10-11-17-14)18-13-4-8-15(9-5-13)6-2-3-7-15/h10-13,18H,2-9H2,1H3,(H,16,17). The Bertz CT molecular complexity index is 355. The monoisotopic (exact) mass is 247 g/mol. The second-order valence-corrected chi connectivity index (χ2v) is 6.34. The van der Waals surface area contributed by atoms with E-state index >= 15 is 0 Å². The third kappa shape index (κ3) is 2.46. The molecule has 1 spiro atoms. The molecule has 1 atom stereocenters. The van der Waals surface area contributed by atoms with Gasteiger partial charge in [0.05, 0.1) is 6.04 Å². The average Bonchev–Trinajstić information content (AvgIpc) is 3.04. The van der Waals surface area contributed by atoms with Gasteiger partial charge in [0.25, 0.3) is 0 Å². The van der Waals surface area contributed by atoms with Crippen molar-refractivity contribution in [1.82, 2.24) is 15.3 Å². The van der Waals surface area contributed by atoms with Gasteiger partial charge in [-0.15, -0.1) is 0 Å². The zero-order valence-electron chi connectivity index (χ0n) is 11.4.